The van der Waals surface area contributed by atoms with Crippen LogP contribution in [0.15, 0.2) is 61.2 Å². The highest BCUT2D eigenvalue weighted by Gasteiger charge is 2.62. The summed E-state index contributed by atoms with van der Waals surface area (Å²) in [5, 5.41) is 4.03. The number of carbonyl (C=O) groups excluding carboxylic acids is 2. The Kier molecular flexibility index (Phi) is 5.12. The maximum Gasteiger partial charge on any atom is 0.332 e. The first-order valence-corrected chi connectivity index (χ1v) is 10.8. The second-order valence-corrected chi connectivity index (χ2v) is 8.84. The van der Waals surface area contributed by atoms with Crippen molar-refractivity contribution in [1.29, 1.82) is 0 Å². The van der Waals surface area contributed by atoms with Gasteiger partial charge in [-0.25, -0.2) is 19.7 Å². The van der Waals surface area contributed by atoms with Gasteiger partial charge in [0.15, 0.2) is 0 Å². The van der Waals surface area contributed by atoms with Crippen LogP contribution >= 0.6 is 23.2 Å². The number of halogens is 2. The molecule has 1 aromatic heterocycles. The van der Waals surface area contributed by atoms with Gasteiger partial charge in [0, 0.05) is 54.1 Å². The molecule has 0 aliphatic carbocycles. The highest BCUT2D eigenvalue weighted by atomic mass is 35.5. The molecule has 0 bridgehead atoms. The summed E-state index contributed by atoms with van der Waals surface area (Å²) in [5.41, 5.74) is 2.18. The van der Waals surface area contributed by atoms with Crippen molar-refractivity contribution in [3.63, 3.8) is 0 Å². The number of aromatic nitrogens is 2. The minimum Gasteiger partial charge on any atom is -0.313 e. The largest absolute Gasteiger partial charge is 0.332 e. The molecule has 3 amide bonds. The molecule has 2 aliphatic heterocycles. The highest BCUT2D eigenvalue weighted by Crippen LogP contribution is 2.44. The van der Waals surface area contributed by atoms with Gasteiger partial charge in [0.1, 0.15) is 11.9 Å². The Balaban J connectivity index is 1.52. The minimum absolute atomic E-state index is 0.218. The van der Waals surface area contributed by atoms with E-state index in [-0.39, 0.29) is 11.8 Å². The third-order valence-corrected chi connectivity index (χ3v) is 6.72. The Morgan fingerprint density at radius 1 is 1.00 bits per heavy atom. The third kappa shape index (κ3) is 3.16. The van der Waals surface area contributed by atoms with Gasteiger partial charge in [0.05, 0.1) is 5.69 Å². The number of anilines is 1. The summed E-state index contributed by atoms with van der Waals surface area (Å²) in [6.45, 7) is 0.930. The first-order valence-electron chi connectivity index (χ1n) is 10.1. The van der Waals surface area contributed by atoms with Crippen molar-refractivity contribution in [2.75, 3.05) is 25.0 Å². The molecule has 5 rings (SSSR count). The molecule has 2 atom stereocenters. The average Bonchev–Trinajstić information content (AvgIpc) is 3.31. The number of rotatable bonds is 3. The summed E-state index contributed by atoms with van der Waals surface area (Å²) in [6.07, 6.45) is 4.99. The molecular weight excluding hydrogens is 449 g/mol. The number of nitrogens with one attached hydrogen (secondary N) is 1. The molecule has 2 unspecified atom stereocenters. The molecule has 32 heavy (non-hydrogen) atoms. The first-order chi connectivity index (χ1) is 15.4. The van der Waals surface area contributed by atoms with E-state index in [0.717, 1.165) is 16.7 Å². The van der Waals surface area contributed by atoms with E-state index in [1.165, 1.54) is 16.1 Å². The van der Waals surface area contributed by atoms with E-state index in [4.69, 9.17) is 23.2 Å². The van der Waals surface area contributed by atoms with Crippen molar-refractivity contribution in [3.8, 4) is 11.1 Å². The van der Waals surface area contributed by atoms with Crippen LogP contribution in [0.4, 0.5) is 10.5 Å². The van der Waals surface area contributed by atoms with Crippen LogP contribution in [-0.4, -0.2) is 52.5 Å². The predicted molar refractivity (Wildman–Crippen MR) is 123 cm³/mol. The van der Waals surface area contributed by atoms with E-state index in [2.05, 4.69) is 15.3 Å². The third-order valence-electron chi connectivity index (χ3n) is 6.28. The van der Waals surface area contributed by atoms with Crippen LogP contribution < -0.4 is 10.2 Å². The van der Waals surface area contributed by atoms with Crippen molar-refractivity contribution < 1.29 is 9.59 Å². The molecule has 3 aromatic rings. The van der Waals surface area contributed by atoms with Crippen LogP contribution in [0.3, 0.4) is 0 Å². The van der Waals surface area contributed by atoms with Crippen molar-refractivity contribution in [1.82, 2.24) is 20.2 Å². The van der Waals surface area contributed by atoms with Crippen LogP contribution in [0.1, 0.15) is 11.5 Å². The van der Waals surface area contributed by atoms with Gasteiger partial charge in [-0.15, -0.1) is 0 Å². The summed E-state index contributed by atoms with van der Waals surface area (Å²) in [7, 11) is 1.67. The molecule has 0 radical (unpaired) electrons. The fourth-order valence-corrected chi connectivity index (χ4v) is 5.18. The summed E-state index contributed by atoms with van der Waals surface area (Å²) >= 11 is 12.3. The maximum atomic E-state index is 13.8. The lowest BCUT2D eigenvalue weighted by Crippen LogP contribution is -2.53. The van der Waals surface area contributed by atoms with Crippen molar-refractivity contribution >= 4 is 40.8 Å². The number of likely N-dealkylation sites (N-methyl/N-ethyl adjacent to an activating group) is 1. The first kappa shape index (κ1) is 20.9. The molecule has 2 aromatic carbocycles. The highest BCUT2D eigenvalue weighted by molar-refractivity contribution is 6.35. The molecule has 2 fully saturated rings. The van der Waals surface area contributed by atoms with Gasteiger partial charge in [-0.3, -0.25) is 4.79 Å². The molecule has 1 spiro atoms. The van der Waals surface area contributed by atoms with Gasteiger partial charge in [-0.1, -0.05) is 47.5 Å². The molecule has 2 aliphatic rings. The smallest absolute Gasteiger partial charge is 0.313 e. The van der Waals surface area contributed by atoms with Crippen molar-refractivity contribution in [3.05, 3.63) is 76.8 Å². The van der Waals surface area contributed by atoms with Crippen molar-refractivity contribution in [2.24, 2.45) is 0 Å². The summed E-state index contributed by atoms with van der Waals surface area (Å²) in [5.74, 6) is -0.511. The van der Waals surface area contributed by atoms with E-state index in [1.54, 1.807) is 37.6 Å². The zero-order chi connectivity index (χ0) is 22.5. The Morgan fingerprint density at radius 2 is 1.66 bits per heavy atom. The summed E-state index contributed by atoms with van der Waals surface area (Å²) in [6, 6.07) is 12.3. The van der Waals surface area contributed by atoms with Gasteiger partial charge in [-0.05, 0) is 29.3 Å². The van der Waals surface area contributed by atoms with Crippen LogP contribution in [-0.2, 0) is 4.79 Å². The van der Waals surface area contributed by atoms with Crippen LogP contribution in [0, 0.1) is 0 Å². The molecule has 2 saturated heterocycles. The van der Waals surface area contributed by atoms with Crippen LogP contribution in [0.5, 0.6) is 0 Å². The topological polar surface area (TPSA) is 78.4 Å². The Morgan fingerprint density at radius 3 is 2.31 bits per heavy atom. The summed E-state index contributed by atoms with van der Waals surface area (Å²) < 4.78 is 0. The average molecular weight is 468 g/mol. The Bertz CT molecular complexity index is 1180. The van der Waals surface area contributed by atoms with Crippen LogP contribution in [0.25, 0.3) is 11.1 Å². The predicted octanol–water partition coefficient (Wildman–Crippen LogP) is 3.97. The van der Waals surface area contributed by atoms with Crippen LogP contribution in [0.2, 0.25) is 10.0 Å². The molecular formula is C23H19Cl2N5O2. The Hall–Kier alpha value is -3.00. The minimum atomic E-state index is -1.04. The van der Waals surface area contributed by atoms with E-state index >= 15 is 0 Å². The number of urea groups is 1. The number of carbonyl (C=O) groups is 2. The monoisotopic (exact) mass is 467 g/mol. The Labute approximate surface area is 195 Å². The molecule has 3 heterocycles. The number of amides is 3. The molecule has 1 N–H and O–H groups in total. The molecule has 7 nitrogen and oxygen atoms in total. The standard InChI is InChI=1S/C23H19Cl2N5O2/c1-29-22(32)30(19-7-17(24)6-18(25)8-19)21(31)23(29)12-26-11-20(23)15-4-2-14(3-5-15)16-9-27-13-28-10-16/h2-10,13,20,26H,11-12H2,1H3. The maximum absolute atomic E-state index is 13.8. The number of hydrogen-bond donors (Lipinski definition) is 1. The van der Waals surface area contributed by atoms with Gasteiger partial charge in [0.2, 0.25) is 0 Å². The van der Waals surface area contributed by atoms with Gasteiger partial charge >= 0.3 is 6.03 Å². The van der Waals surface area contributed by atoms with Crippen molar-refractivity contribution in [2.45, 2.75) is 11.5 Å². The number of imide groups is 1. The van der Waals surface area contributed by atoms with Gasteiger partial charge < -0.3 is 10.2 Å². The summed E-state index contributed by atoms with van der Waals surface area (Å²) in [4.78, 5) is 37.8. The van der Waals surface area contributed by atoms with E-state index in [9.17, 15) is 9.59 Å². The fourth-order valence-electron chi connectivity index (χ4n) is 4.67. The molecule has 162 valence electrons. The zero-order valence-corrected chi connectivity index (χ0v) is 18.6. The number of nitrogens with zero attached hydrogens (tertiary/aromatic N) is 4. The number of hydrogen-bond acceptors (Lipinski definition) is 5. The lowest BCUT2D eigenvalue weighted by molar-refractivity contribution is -0.124. The van der Waals surface area contributed by atoms with E-state index < -0.39 is 11.6 Å². The zero-order valence-electron chi connectivity index (χ0n) is 17.1. The molecule has 0 saturated carbocycles. The quantitative estimate of drug-likeness (QED) is 0.589. The van der Waals surface area contributed by atoms with Gasteiger partial charge in [-0.2, -0.15) is 0 Å². The van der Waals surface area contributed by atoms with Gasteiger partial charge in [0.25, 0.3) is 5.91 Å². The fraction of sp³-hybridized carbons (Fsp3) is 0.217. The second kappa shape index (κ2) is 7.85. The van der Waals surface area contributed by atoms with E-state index in [1.807, 2.05) is 24.3 Å². The lowest BCUT2D eigenvalue weighted by Gasteiger charge is -2.33. The van der Waals surface area contributed by atoms with E-state index in [0.29, 0.717) is 28.8 Å². The second-order valence-electron chi connectivity index (χ2n) is 7.97. The SMILES string of the molecule is CN1C(=O)N(c2cc(Cl)cc(Cl)c2)C(=O)C12CNCC2c1ccc(-c2cncnc2)cc1. The molecule has 9 heteroatoms. The number of benzene rings is 2. The normalized spacial score (nSPS) is 22.9. The lowest BCUT2D eigenvalue weighted by atomic mass is 9.80.